The highest BCUT2D eigenvalue weighted by Crippen LogP contribution is 2.30. The third kappa shape index (κ3) is 1.07. The fraction of sp³-hybridized carbons (Fsp3) is 0.200. The van der Waals surface area contributed by atoms with Crippen molar-refractivity contribution in [2.45, 2.75) is 6.92 Å². The zero-order chi connectivity index (χ0) is 6.15. The van der Waals surface area contributed by atoms with Gasteiger partial charge in [-0.25, -0.2) is 0 Å². The molecule has 0 amide bonds. The summed E-state index contributed by atoms with van der Waals surface area (Å²) in [4.78, 5) is 0. The van der Waals surface area contributed by atoms with E-state index in [4.69, 9.17) is 11.6 Å². The summed E-state index contributed by atoms with van der Waals surface area (Å²) < 4.78 is 1.98. The van der Waals surface area contributed by atoms with Crippen molar-refractivity contribution < 1.29 is 0 Å². The fourth-order valence-corrected chi connectivity index (χ4v) is 2.00. The van der Waals surface area contributed by atoms with Crippen LogP contribution in [0.5, 0.6) is 0 Å². The molecule has 0 N–H and O–H groups in total. The number of hydrogen-bond acceptors (Lipinski definition) is 1. The molecule has 0 saturated carbocycles. The number of hydrogen-bond donors (Lipinski definition) is 0. The van der Waals surface area contributed by atoms with Crippen LogP contribution in [0.3, 0.4) is 0 Å². The maximum atomic E-state index is 5.72. The molecule has 0 unspecified atom stereocenters. The molecule has 8 heavy (non-hydrogen) atoms. The van der Waals surface area contributed by atoms with Gasteiger partial charge in [-0.1, -0.05) is 11.6 Å². The van der Waals surface area contributed by atoms with E-state index in [-0.39, 0.29) is 0 Å². The summed E-state index contributed by atoms with van der Waals surface area (Å²) in [6.07, 6.45) is 0. The van der Waals surface area contributed by atoms with Crippen LogP contribution in [0.15, 0.2) is 9.85 Å². The molecule has 0 aromatic carbocycles. The van der Waals surface area contributed by atoms with Crippen LogP contribution in [0.2, 0.25) is 4.34 Å². The van der Waals surface area contributed by atoms with Gasteiger partial charge < -0.3 is 0 Å². The summed E-state index contributed by atoms with van der Waals surface area (Å²) in [5.74, 6) is 0. The van der Waals surface area contributed by atoms with E-state index in [1.165, 1.54) is 0 Å². The first-order valence-electron chi connectivity index (χ1n) is 2.11. The lowest BCUT2D eigenvalue weighted by atomic mass is 10.4. The van der Waals surface area contributed by atoms with Gasteiger partial charge in [-0.05, 0) is 28.4 Å². The van der Waals surface area contributed by atoms with Crippen LogP contribution in [-0.4, -0.2) is 0 Å². The van der Waals surface area contributed by atoms with Gasteiger partial charge in [-0.15, -0.1) is 11.3 Å². The maximum Gasteiger partial charge on any atom is 0.0969 e. The van der Waals surface area contributed by atoms with Crippen molar-refractivity contribution in [2.75, 3.05) is 0 Å². The van der Waals surface area contributed by atoms with Gasteiger partial charge in [0, 0.05) is 9.85 Å². The zero-order valence-electron chi connectivity index (χ0n) is 4.24. The van der Waals surface area contributed by atoms with E-state index >= 15 is 0 Å². The Kier molecular flexibility index (Phi) is 1.96. The third-order valence-electron chi connectivity index (χ3n) is 0.919. The molecular formula is C5H4BrClS. The van der Waals surface area contributed by atoms with E-state index in [0.29, 0.717) is 0 Å². The van der Waals surface area contributed by atoms with E-state index < -0.39 is 0 Å². The zero-order valence-corrected chi connectivity index (χ0v) is 7.40. The second-order valence-electron chi connectivity index (χ2n) is 1.48. The minimum Gasteiger partial charge on any atom is -0.130 e. The van der Waals surface area contributed by atoms with Gasteiger partial charge in [0.1, 0.15) is 0 Å². The summed E-state index contributed by atoms with van der Waals surface area (Å²) >= 11 is 10.6. The van der Waals surface area contributed by atoms with Crippen molar-refractivity contribution in [1.82, 2.24) is 0 Å². The largest absolute Gasteiger partial charge is 0.130 e. The lowest BCUT2D eigenvalue weighted by molar-refractivity contribution is 1.52. The average molecular weight is 212 g/mol. The highest BCUT2D eigenvalue weighted by atomic mass is 79.9. The minimum atomic E-state index is 0.872. The summed E-state index contributed by atoms with van der Waals surface area (Å²) in [7, 11) is 0. The molecule has 0 saturated heterocycles. The van der Waals surface area contributed by atoms with Gasteiger partial charge in [0.2, 0.25) is 0 Å². The molecule has 3 heteroatoms. The van der Waals surface area contributed by atoms with E-state index in [1.807, 2.05) is 12.3 Å². The van der Waals surface area contributed by atoms with Crippen LogP contribution in [0.25, 0.3) is 0 Å². The molecule has 1 rings (SSSR count). The van der Waals surface area contributed by atoms with Crippen LogP contribution >= 0.6 is 38.9 Å². The molecule has 0 radical (unpaired) electrons. The molecule has 0 atom stereocenters. The maximum absolute atomic E-state index is 5.72. The highest BCUT2D eigenvalue weighted by Gasteiger charge is 1.99. The molecular weight excluding hydrogens is 207 g/mol. The van der Waals surface area contributed by atoms with Crippen molar-refractivity contribution in [3.8, 4) is 0 Å². The quantitative estimate of drug-likeness (QED) is 0.616. The number of rotatable bonds is 0. The van der Waals surface area contributed by atoms with E-state index in [2.05, 4.69) is 15.9 Å². The predicted molar refractivity (Wildman–Crippen MR) is 41.8 cm³/mol. The standard InChI is InChI=1S/C5H4BrClS/c1-3-4(6)2-8-5(3)7/h2H,1H3. The normalized spacial score (nSPS) is 9.88. The molecule has 0 fully saturated rings. The Bertz CT molecular complexity index is 175. The molecule has 0 bridgehead atoms. The second kappa shape index (κ2) is 2.38. The van der Waals surface area contributed by atoms with Crippen molar-refractivity contribution >= 4 is 38.9 Å². The lowest BCUT2D eigenvalue weighted by Crippen LogP contribution is -1.60. The van der Waals surface area contributed by atoms with Crippen molar-refractivity contribution in [1.29, 1.82) is 0 Å². The van der Waals surface area contributed by atoms with Crippen LogP contribution < -0.4 is 0 Å². The van der Waals surface area contributed by atoms with Gasteiger partial charge >= 0.3 is 0 Å². The highest BCUT2D eigenvalue weighted by molar-refractivity contribution is 9.10. The Labute approximate surface area is 65.6 Å². The Morgan fingerprint density at radius 3 is 2.50 bits per heavy atom. The summed E-state index contributed by atoms with van der Waals surface area (Å²) in [6.45, 7) is 1.99. The smallest absolute Gasteiger partial charge is 0.0969 e. The van der Waals surface area contributed by atoms with Crippen LogP contribution in [-0.2, 0) is 0 Å². The molecule has 0 aliphatic carbocycles. The predicted octanol–water partition coefficient (Wildman–Crippen LogP) is 3.47. The first-order chi connectivity index (χ1) is 3.72. The lowest BCUT2D eigenvalue weighted by Gasteiger charge is -1.82. The fourth-order valence-electron chi connectivity index (χ4n) is 0.374. The molecule has 0 spiro atoms. The van der Waals surface area contributed by atoms with Gasteiger partial charge in [-0.3, -0.25) is 0 Å². The molecule has 0 aliphatic rings. The molecule has 44 valence electrons. The third-order valence-corrected chi connectivity index (χ3v) is 3.46. The van der Waals surface area contributed by atoms with Gasteiger partial charge in [0.15, 0.2) is 0 Å². The molecule has 0 nitrogen and oxygen atoms in total. The molecule has 1 aromatic rings. The Morgan fingerprint density at radius 1 is 1.75 bits per heavy atom. The van der Waals surface area contributed by atoms with E-state index in [1.54, 1.807) is 11.3 Å². The Hall–Kier alpha value is 0.470. The SMILES string of the molecule is Cc1c(Br)csc1Cl. The number of thiophene rings is 1. The van der Waals surface area contributed by atoms with Crippen LogP contribution in [0.4, 0.5) is 0 Å². The van der Waals surface area contributed by atoms with Crippen molar-refractivity contribution in [2.24, 2.45) is 0 Å². The topological polar surface area (TPSA) is 0 Å². The Balaban J connectivity index is 3.19. The average Bonchev–Trinajstić information content (AvgIpc) is 1.98. The molecule has 1 aromatic heterocycles. The Morgan fingerprint density at radius 2 is 2.38 bits per heavy atom. The van der Waals surface area contributed by atoms with Crippen LogP contribution in [0.1, 0.15) is 5.56 Å². The first-order valence-corrected chi connectivity index (χ1v) is 4.16. The number of halogens is 2. The van der Waals surface area contributed by atoms with Gasteiger partial charge in [-0.2, -0.15) is 0 Å². The van der Waals surface area contributed by atoms with Crippen molar-refractivity contribution in [3.05, 3.63) is 19.8 Å². The summed E-state index contributed by atoms with van der Waals surface area (Å²) in [6, 6.07) is 0. The van der Waals surface area contributed by atoms with Crippen LogP contribution in [0, 0.1) is 6.92 Å². The second-order valence-corrected chi connectivity index (χ2v) is 3.82. The van der Waals surface area contributed by atoms with Gasteiger partial charge in [0.25, 0.3) is 0 Å². The van der Waals surface area contributed by atoms with Gasteiger partial charge in [0.05, 0.1) is 4.34 Å². The summed E-state index contributed by atoms with van der Waals surface area (Å²) in [5.41, 5.74) is 1.14. The minimum absolute atomic E-state index is 0.872. The molecule has 0 aliphatic heterocycles. The van der Waals surface area contributed by atoms with E-state index in [9.17, 15) is 0 Å². The monoisotopic (exact) mass is 210 g/mol. The van der Waals surface area contributed by atoms with E-state index in [0.717, 1.165) is 14.4 Å². The first kappa shape index (κ1) is 6.59. The molecule has 1 heterocycles. The summed E-state index contributed by atoms with van der Waals surface area (Å²) in [5, 5.41) is 1.98. The van der Waals surface area contributed by atoms with Crippen molar-refractivity contribution in [3.63, 3.8) is 0 Å².